The number of carbonyl (C=O) groups excluding carboxylic acids is 1. The van der Waals surface area contributed by atoms with Crippen LogP contribution in [0.4, 0.5) is 0 Å². The molecular weight excluding hydrogens is 280 g/mol. The Morgan fingerprint density at radius 1 is 1.40 bits per heavy atom. The van der Waals surface area contributed by atoms with Gasteiger partial charge in [0.1, 0.15) is 17.3 Å². The quantitative estimate of drug-likeness (QED) is 0.811. The van der Waals surface area contributed by atoms with Crippen molar-refractivity contribution in [3.8, 4) is 5.75 Å². The lowest BCUT2D eigenvalue weighted by Gasteiger charge is -2.19. The number of nitrogens with zero attached hydrogens (tertiary/aromatic N) is 1. The molecular formula is C13H16N2O4S. The molecule has 2 aliphatic heterocycles. The maximum atomic E-state index is 12.7. The molecule has 1 N–H and O–H groups in total. The second kappa shape index (κ2) is 4.75. The molecule has 0 unspecified atom stereocenters. The van der Waals surface area contributed by atoms with Crippen molar-refractivity contribution in [2.45, 2.75) is 30.3 Å². The zero-order valence-corrected chi connectivity index (χ0v) is 11.9. The Morgan fingerprint density at radius 2 is 2.15 bits per heavy atom. The van der Waals surface area contributed by atoms with Gasteiger partial charge < -0.3 is 10.1 Å². The molecule has 7 heteroatoms. The maximum Gasteiger partial charge on any atom is 0.247 e. The van der Waals surface area contributed by atoms with E-state index in [2.05, 4.69) is 5.32 Å². The highest BCUT2D eigenvalue weighted by atomic mass is 32.2. The number of para-hydroxylation sites is 1. The van der Waals surface area contributed by atoms with Gasteiger partial charge in [-0.3, -0.25) is 4.79 Å². The summed E-state index contributed by atoms with van der Waals surface area (Å²) in [5.41, 5.74) is 0. The van der Waals surface area contributed by atoms with Gasteiger partial charge in [0.2, 0.25) is 15.9 Å². The molecule has 6 nitrogen and oxygen atoms in total. The molecule has 0 radical (unpaired) electrons. The zero-order chi connectivity index (χ0) is 14.3. The first-order valence-electron chi connectivity index (χ1n) is 6.49. The van der Waals surface area contributed by atoms with Crippen molar-refractivity contribution in [1.29, 1.82) is 0 Å². The summed E-state index contributed by atoms with van der Waals surface area (Å²) in [4.78, 5) is 11.3. The van der Waals surface area contributed by atoms with Crippen LogP contribution in [0.1, 0.15) is 13.3 Å². The number of sulfonamides is 1. The minimum atomic E-state index is -3.57. The summed E-state index contributed by atoms with van der Waals surface area (Å²) in [6.45, 7) is 2.04. The summed E-state index contributed by atoms with van der Waals surface area (Å²) in [5.74, 6) is 0.254. The van der Waals surface area contributed by atoms with Crippen molar-refractivity contribution in [3.05, 3.63) is 24.3 Å². The topological polar surface area (TPSA) is 75.7 Å². The summed E-state index contributed by atoms with van der Waals surface area (Å²) < 4.78 is 32.4. The van der Waals surface area contributed by atoms with Gasteiger partial charge in [0.25, 0.3) is 0 Å². The molecule has 0 aromatic heterocycles. The molecule has 1 saturated heterocycles. The van der Waals surface area contributed by atoms with E-state index in [-0.39, 0.29) is 22.9 Å². The monoisotopic (exact) mass is 296 g/mol. The van der Waals surface area contributed by atoms with Crippen LogP contribution in [-0.2, 0) is 14.8 Å². The van der Waals surface area contributed by atoms with Crippen LogP contribution in [0, 0.1) is 0 Å². The Bertz CT molecular complexity index is 644. The number of hydrogen-bond donors (Lipinski definition) is 1. The smallest absolute Gasteiger partial charge is 0.247 e. The van der Waals surface area contributed by atoms with Gasteiger partial charge in [-0.05, 0) is 18.6 Å². The van der Waals surface area contributed by atoms with Crippen LogP contribution in [0.3, 0.4) is 0 Å². The number of ether oxygens (including phenoxy) is 1. The number of carbonyl (C=O) groups is 1. The molecule has 0 aliphatic carbocycles. The normalized spacial score (nSPS) is 27.9. The summed E-state index contributed by atoms with van der Waals surface area (Å²) in [6, 6.07) is 6.27. The molecule has 108 valence electrons. The van der Waals surface area contributed by atoms with E-state index in [0.717, 1.165) is 0 Å². The van der Waals surface area contributed by atoms with Gasteiger partial charge in [0.15, 0.2) is 0 Å². The van der Waals surface area contributed by atoms with Crippen LogP contribution in [0.2, 0.25) is 0 Å². The van der Waals surface area contributed by atoms with Crippen LogP contribution in [0.25, 0.3) is 0 Å². The third-order valence-electron chi connectivity index (χ3n) is 3.64. The average Bonchev–Trinajstić information content (AvgIpc) is 2.75. The van der Waals surface area contributed by atoms with E-state index in [4.69, 9.17) is 4.74 Å². The number of benzene rings is 1. The van der Waals surface area contributed by atoms with E-state index in [1.165, 1.54) is 11.2 Å². The maximum absolute atomic E-state index is 12.7. The van der Waals surface area contributed by atoms with E-state index < -0.39 is 10.0 Å². The van der Waals surface area contributed by atoms with Gasteiger partial charge in [-0.1, -0.05) is 12.1 Å². The van der Waals surface area contributed by atoms with Crippen LogP contribution in [0.5, 0.6) is 5.75 Å². The number of amides is 1. The molecule has 2 atom stereocenters. The summed E-state index contributed by atoms with van der Waals surface area (Å²) in [6.07, 6.45) is 0.576. The molecule has 1 amide bonds. The van der Waals surface area contributed by atoms with E-state index >= 15 is 0 Å². The van der Waals surface area contributed by atoms with E-state index in [0.29, 0.717) is 25.3 Å². The molecule has 1 aromatic carbocycles. The Morgan fingerprint density at radius 3 is 2.90 bits per heavy atom. The third-order valence-corrected chi connectivity index (χ3v) is 5.60. The van der Waals surface area contributed by atoms with Gasteiger partial charge in [-0.25, -0.2) is 8.42 Å². The highest BCUT2D eigenvalue weighted by molar-refractivity contribution is 7.89. The predicted molar refractivity (Wildman–Crippen MR) is 71.8 cm³/mol. The van der Waals surface area contributed by atoms with Crippen molar-refractivity contribution in [2.24, 2.45) is 0 Å². The summed E-state index contributed by atoms with van der Waals surface area (Å²) in [7, 11) is -3.57. The molecule has 2 heterocycles. The lowest BCUT2D eigenvalue weighted by Crippen LogP contribution is -2.38. The number of fused-ring (bicyclic) bond motifs is 2. The van der Waals surface area contributed by atoms with Gasteiger partial charge >= 0.3 is 0 Å². The van der Waals surface area contributed by atoms with E-state index in [1.54, 1.807) is 24.3 Å². The van der Waals surface area contributed by atoms with Gasteiger partial charge in [0.05, 0.1) is 6.04 Å². The van der Waals surface area contributed by atoms with Crippen molar-refractivity contribution in [3.63, 3.8) is 0 Å². The summed E-state index contributed by atoms with van der Waals surface area (Å²) >= 11 is 0. The average molecular weight is 296 g/mol. The minimum absolute atomic E-state index is 0.147. The number of rotatable bonds is 1. The van der Waals surface area contributed by atoms with E-state index in [1.807, 2.05) is 0 Å². The standard InChI is InChI=1S/C13H16N2O4S/c1-9(16)14-10-6-11-8-19-12-4-2-3-5-13(12)20(17,18)15(11)7-10/h2-5,10-11H,6-8H2,1H3,(H,14,16)/t10-,11-/m0/s1. The fourth-order valence-corrected chi connectivity index (χ4v) is 4.62. The molecule has 20 heavy (non-hydrogen) atoms. The molecule has 1 aromatic rings. The third kappa shape index (κ3) is 2.16. The highest BCUT2D eigenvalue weighted by Gasteiger charge is 2.43. The Balaban J connectivity index is 1.95. The Labute approximate surface area is 117 Å². The van der Waals surface area contributed by atoms with Gasteiger partial charge in [-0.2, -0.15) is 4.31 Å². The first-order chi connectivity index (χ1) is 9.48. The predicted octanol–water partition coefficient (Wildman–Crippen LogP) is 0.347. The fraction of sp³-hybridized carbons (Fsp3) is 0.462. The first-order valence-corrected chi connectivity index (χ1v) is 7.93. The molecule has 0 saturated carbocycles. The van der Waals surface area contributed by atoms with Gasteiger partial charge in [-0.15, -0.1) is 0 Å². The van der Waals surface area contributed by atoms with Crippen LogP contribution < -0.4 is 10.1 Å². The first kappa shape index (κ1) is 13.4. The Hall–Kier alpha value is -1.60. The molecule has 2 aliphatic rings. The van der Waals surface area contributed by atoms with Gasteiger partial charge in [0, 0.05) is 19.5 Å². The SMILES string of the molecule is CC(=O)N[C@H]1C[C@H]2COc3ccccc3S(=O)(=O)N2C1. The largest absolute Gasteiger partial charge is 0.490 e. The van der Waals surface area contributed by atoms with Crippen molar-refractivity contribution in [2.75, 3.05) is 13.2 Å². The van der Waals surface area contributed by atoms with Crippen LogP contribution >= 0.6 is 0 Å². The van der Waals surface area contributed by atoms with Crippen molar-refractivity contribution >= 4 is 15.9 Å². The summed E-state index contributed by atoms with van der Waals surface area (Å²) in [5, 5.41) is 2.78. The second-order valence-electron chi connectivity index (χ2n) is 5.12. The molecule has 0 spiro atoms. The van der Waals surface area contributed by atoms with Crippen molar-refractivity contribution in [1.82, 2.24) is 9.62 Å². The van der Waals surface area contributed by atoms with E-state index in [9.17, 15) is 13.2 Å². The number of nitrogens with one attached hydrogen (secondary N) is 1. The number of hydrogen-bond acceptors (Lipinski definition) is 4. The minimum Gasteiger partial charge on any atom is -0.490 e. The second-order valence-corrected chi connectivity index (χ2v) is 6.98. The molecule has 0 bridgehead atoms. The molecule has 1 fully saturated rings. The van der Waals surface area contributed by atoms with Crippen LogP contribution in [0.15, 0.2) is 29.2 Å². The van der Waals surface area contributed by atoms with Crippen LogP contribution in [-0.4, -0.2) is 43.9 Å². The lowest BCUT2D eigenvalue weighted by atomic mass is 10.2. The van der Waals surface area contributed by atoms with Crippen molar-refractivity contribution < 1.29 is 17.9 Å². The zero-order valence-electron chi connectivity index (χ0n) is 11.1. The Kier molecular flexibility index (Phi) is 3.18. The highest BCUT2D eigenvalue weighted by Crippen LogP contribution is 2.34. The fourth-order valence-electron chi connectivity index (χ4n) is 2.82. The molecule has 3 rings (SSSR count). The lowest BCUT2D eigenvalue weighted by molar-refractivity contribution is -0.119.